The van der Waals surface area contributed by atoms with Crippen LogP contribution in [0.5, 0.6) is 0 Å². The molecule has 2 aromatic heterocycles. The van der Waals surface area contributed by atoms with Crippen LogP contribution in [0.15, 0.2) is 40.5 Å². The van der Waals surface area contributed by atoms with Crippen LogP contribution in [0.25, 0.3) is 11.5 Å². The number of aromatic nitrogens is 3. The maximum Gasteiger partial charge on any atom is 0.232 e. The summed E-state index contributed by atoms with van der Waals surface area (Å²) in [6.07, 6.45) is 1.57. The highest BCUT2D eigenvalue weighted by atomic mass is 35.5. The average Bonchev–Trinajstić information content (AvgIpc) is 3.11. The maximum atomic E-state index is 11.8. The molecule has 0 aliphatic carbocycles. The first kappa shape index (κ1) is 13.7. The molecule has 1 aromatic carbocycles. The largest absolute Gasteiger partial charge is 0.444 e. The summed E-state index contributed by atoms with van der Waals surface area (Å²) >= 11 is 7.08. The third-order valence-corrected chi connectivity index (χ3v) is 3.45. The van der Waals surface area contributed by atoms with Crippen molar-refractivity contribution >= 4 is 34.0 Å². The molecule has 0 aliphatic rings. The molecule has 0 saturated heterocycles. The minimum atomic E-state index is -0.220. The molecule has 0 aliphatic heterocycles. The molecule has 0 fully saturated rings. The van der Waals surface area contributed by atoms with Crippen LogP contribution in [0, 0.1) is 0 Å². The van der Waals surface area contributed by atoms with E-state index in [1.54, 1.807) is 29.8 Å². The summed E-state index contributed by atoms with van der Waals surface area (Å²) < 4.78 is 5.37. The van der Waals surface area contributed by atoms with E-state index in [4.69, 9.17) is 16.0 Å². The van der Waals surface area contributed by atoms with Crippen LogP contribution in [0.4, 0.5) is 5.13 Å². The van der Waals surface area contributed by atoms with Crippen LogP contribution < -0.4 is 5.32 Å². The van der Waals surface area contributed by atoms with Crippen LogP contribution >= 0.6 is 22.9 Å². The second kappa shape index (κ2) is 6.02. The lowest BCUT2D eigenvalue weighted by Crippen LogP contribution is -2.14. The van der Waals surface area contributed by atoms with Crippen LogP contribution in [-0.2, 0) is 11.2 Å². The summed E-state index contributed by atoms with van der Waals surface area (Å²) in [5.74, 6) is 0.230. The van der Waals surface area contributed by atoms with Gasteiger partial charge < -0.3 is 9.73 Å². The maximum absolute atomic E-state index is 11.8. The topological polar surface area (TPSA) is 80.9 Å². The van der Waals surface area contributed by atoms with E-state index >= 15 is 0 Å². The van der Waals surface area contributed by atoms with Crippen LogP contribution in [-0.4, -0.2) is 21.1 Å². The van der Waals surface area contributed by atoms with Crippen molar-refractivity contribution in [3.8, 4) is 11.5 Å². The van der Waals surface area contributed by atoms with Crippen molar-refractivity contribution in [1.29, 1.82) is 0 Å². The first-order valence-corrected chi connectivity index (χ1v) is 7.23. The number of halogens is 1. The Kier molecular flexibility index (Phi) is 3.94. The number of carbonyl (C=O) groups excluding carboxylic acids is 1. The molecule has 0 radical (unpaired) electrons. The molecule has 1 amide bonds. The molecule has 21 heavy (non-hydrogen) atoms. The van der Waals surface area contributed by atoms with E-state index in [1.165, 1.54) is 17.6 Å². The number of nitrogens with zero attached hydrogens (tertiary/aromatic N) is 3. The third-order valence-electron chi connectivity index (χ3n) is 2.59. The zero-order chi connectivity index (χ0) is 14.7. The van der Waals surface area contributed by atoms with Crippen molar-refractivity contribution in [2.75, 3.05) is 5.32 Å². The fourth-order valence-electron chi connectivity index (χ4n) is 1.67. The van der Waals surface area contributed by atoms with Gasteiger partial charge in [0, 0.05) is 10.6 Å². The Balaban J connectivity index is 1.67. The molecule has 106 valence electrons. The Morgan fingerprint density at radius 2 is 2.14 bits per heavy atom. The summed E-state index contributed by atoms with van der Waals surface area (Å²) in [5.41, 5.74) is 2.89. The van der Waals surface area contributed by atoms with Gasteiger partial charge in [-0.05, 0) is 24.3 Å². The van der Waals surface area contributed by atoms with Gasteiger partial charge in [0.2, 0.25) is 16.9 Å². The average molecular weight is 321 g/mol. The Bertz CT molecular complexity index is 740. The number of anilines is 1. The van der Waals surface area contributed by atoms with Gasteiger partial charge in [-0.1, -0.05) is 22.9 Å². The van der Waals surface area contributed by atoms with Crippen molar-refractivity contribution in [2.24, 2.45) is 0 Å². The Labute approximate surface area is 128 Å². The number of oxazole rings is 1. The van der Waals surface area contributed by atoms with E-state index < -0.39 is 0 Å². The molecule has 1 N–H and O–H groups in total. The predicted molar refractivity (Wildman–Crippen MR) is 79.2 cm³/mol. The number of hydrogen-bond donors (Lipinski definition) is 1. The molecule has 3 aromatic rings. The summed E-state index contributed by atoms with van der Waals surface area (Å²) in [6.45, 7) is 0. The number of rotatable bonds is 4. The molecule has 3 rings (SSSR count). The second-order valence-corrected chi connectivity index (χ2v) is 5.39. The third kappa shape index (κ3) is 3.45. The number of amides is 1. The number of hydrogen-bond acceptors (Lipinski definition) is 6. The molecule has 0 spiro atoms. The zero-order valence-corrected chi connectivity index (χ0v) is 12.2. The minimum Gasteiger partial charge on any atom is -0.444 e. The van der Waals surface area contributed by atoms with Gasteiger partial charge in [0.1, 0.15) is 11.8 Å². The van der Waals surface area contributed by atoms with Crippen molar-refractivity contribution in [3.63, 3.8) is 0 Å². The quantitative estimate of drug-likeness (QED) is 0.799. The van der Waals surface area contributed by atoms with Gasteiger partial charge in [-0.25, -0.2) is 4.98 Å². The number of carbonyl (C=O) groups is 1. The SMILES string of the molecule is O=C(Cc1coc(-c2ccc(Cl)cc2)n1)Nc1nncs1. The van der Waals surface area contributed by atoms with E-state index in [0.717, 1.165) is 5.56 Å². The summed E-state index contributed by atoms with van der Waals surface area (Å²) in [7, 11) is 0. The molecule has 0 bridgehead atoms. The summed E-state index contributed by atoms with van der Waals surface area (Å²) in [6, 6.07) is 7.12. The standard InChI is InChI=1S/C13H9ClN4O2S/c14-9-3-1-8(2-4-9)12-16-10(6-20-12)5-11(19)17-13-18-15-7-21-13/h1-4,6-7H,5H2,(H,17,18,19). The summed E-state index contributed by atoms with van der Waals surface area (Å²) in [4.78, 5) is 16.1. The molecule has 2 heterocycles. The number of benzene rings is 1. The van der Waals surface area contributed by atoms with Gasteiger partial charge in [-0.15, -0.1) is 10.2 Å². The second-order valence-electron chi connectivity index (χ2n) is 4.12. The zero-order valence-electron chi connectivity index (χ0n) is 10.6. The van der Waals surface area contributed by atoms with Gasteiger partial charge in [0.05, 0.1) is 12.1 Å². The highest BCUT2D eigenvalue weighted by Crippen LogP contribution is 2.21. The van der Waals surface area contributed by atoms with Crippen LogP contribution in [0.2, 0.25) is 5.02 Å². The van der Waals surface area contributed by atoms with Crippen LogP contribution in [0.3, 0.4) is 0 Å². The monoisotopic (exact) mass is 320 g/mol. The predicted octanol–water partition coefficient (Wildman–Crippen LogP) is 3.03. The molecule has 0 saturated carbocycles. The molecule has 0 unspecified atom stereocenters. The first-order valence-electron chi connectivity index (χ1n) is 5.97. The Morgan fingerprint density at radius 3 is 2.86 bits per heavy atom. The molecule has 6 nitrogen and oxygen atoms in total. The van der Waals surface area contributed by atoms with E-state index in [-0.39, 0.29) is 12.3 Å². The van der Waals surface area contributed by atoms with E-state index in [2.05, 4.69) is 20.5 Å². The molecular formula is C13H9ClN4O2S. The smallest absolute Gasteiger partial charge is 0.232 e. The Hall–Kier alpha value is -2.25. The van der Waals surface area contributed by atoms with Gasteiger partial charge in [0.15, 0.2) is 0 Å². The fraction of sp³-hybridized carbons (Fsp3) is 0.0769. The highest BCUT2D eigenvalue weighted by Gasteiger charge is 2.11. The van der Waals surface area contributed by atoms with E-state index in [0.29, 0.717) is 21.7 Å². The fourth-order valence-corrected chi connectivity index (χ4v) is 2.26. The molecular weight excluding hydrogens is 312 g/mol. The lowest BCUT2D eigenvalue weighted by molar-refractivity contribution is -0.115. The molecule has 0 atom stereocenters. The summed E-state index contributed by atoms with van der Waals surface area (Å²) in [5, 5.41) is 11.1. The van der Waals surface area contributed by atoms with Crippen molar-refractivity contribution < 1.29 is 9.21 Å². The lowest BCUT2D eigenvalue weighted by atomic mass is 10.2. The lowest BCUT2D eigenvalue weighted by Gasteiger charge is -1.97. The van der Waals surface area contributed by atoms with Gasteiger partial charge >= 0.3 is 0 Å². The normalized spacial score (nSPS) is 10.5. The van der Waals surface area contributed by atoms with Gasteiger partial charge in [-0.2, -0.15) is 0 Å². The van der Waals surface area contributed by atoms with E-state index in [9.17, 15) is 4.79 Å². The van der Waals surface area contributed by atoms with Crippen molar-refractivity contribution in [3.05, 3.63) is 46.8 Å². The first-order chi connectivity index (χ1) is 10.2. The van der Waals surface area contributed by atoms with Gasteiger partial charge in [0.25, 0.3) is 0 Å². The van der Waals surface area contributed by atoms with Crippen molar-refractivity contribution in [2.45, 2.75) is 6.42 Å². The van der Waals surface area contributed by atoms with Crippen LogP contribution in [0.1, 0.15) is 5.69 Å². The van der Waals surface area contributed by atoms with E-state index in [1.807, 2.05) is 0 Å². The minimum absolute atomic E-state index is 0.108. The highest BCUT2D eigenvalue weighted by molar-refractivity contribution is 7.13. The van der Waals surface area contributed by atoms with Gasteiger partial charge in [-0.3, -0.25) is 4.79 Å². The Morgan fingerprint density at radius 1 is 1.33 bits per heavy atom. The molecule has 8 heteroatoms. The number of nitrogens with one attached hydrogen (secondary N) is 1. The van der Waals surface area contributed by atoms with Crippen molar-refractivity contribution in [1.82, 2.24) is 15.2 Å².